The second kappa shape index (κ2) is 3.58. The number of aromatic hydroxyl groups is 2. The smallest absolute Gasteiger partial charge is 0.181 e. The molecule has 0 spiro atoms. The van der Waals surface area contributed by atoms with Crippen molar-refractivity contribution in [1.29, 1.82) is 0 Å². The molecule has 15 heavy (non-hydrogen) atoms. The Labute approximate surface area is 85.4 Å². The highest BCUT2D eigenvalue weighted by Gasteiger charge is 2.07. The number of hydrogen-bond donors (Lipinski definition) is 4. The summed E-state index contributed by atoms with van der Waals surface area (Å²) in [4.78, 5) is 4.09. The van der Waals surface area contributed by atoms with Crippen LogP contribution < -0.4 is 5.73 Å². The highest BCUT2D eigenvalue weighted by molar-refractivity contribution is 5.60. The number of benzene rings is 1. The number of nitrogens with zero attached hydrogens (tertiary/aromatic N) is 2. The topological polar surface area (TPSA) is 108 Å². The van der Waals surface area contributed by atoms with Gasteiger partial charge in [-0.2, -0.15) is 5.10 Å². The molecule has 0 amide bonds. The van der Waals surface area contributed by atoms with E-state index in [1.807, 2.05) is 0 Å². The molecule has 1 aromatic heterocycles. The number of aromatic nitrogens is 3. The van der Waals surface area contributed by atoms with E-state index in [2.05, 4.69) is 15.2 Å². The molecule has 6 heteroatoms. The Balaban J connectivity index is 2.40. The standard InChI is InChI=1S/C9H10N4O2/c10-4-8-11-9(13-12-8)5-1-2-6(14)7(15)3-5/h1-3,14-15H,4,10H2,(H,11,12,13). The van der Waals surface area contributed by atoms with Crippen LogP contribution in [0, 0.1) is 0 Å². The molecule has 0 fully saturated rings. The predicted molar refractivity (Wildman–Crippen MR) is 53.0 cm³/mol. The summed E-state index contributed by atoms with van der Waals surface area (Å²) >= 11 is 0. The third-order valence-electron chi connectivity index (χ3n) is 1.96. The van der Waals surface area contributed by atoms with E-state index in [0.717, 1.165) is 0 Å². The maximum Gasteiger partial charge on any atom is 0.181 e. The fourth-order valence-corrected chi connectivity index (χ4v) is 1.18. The van der Waals surface area contributed by atoms with Gasteiger partial charge < -0.3 is 15.9 Å². The van der Waals surface area contributed by atoms with Crippen molar-refractivity contribution in [3.63, 3.8) is 0 Å². The second-order valence-electron chi connectivity index (χ2n) is 3.01. The summed E-state index contributed by atoms with van der Waals surface area (Å²) < 4.78 is 0. The molecule has 2 rings (SSSR count). The minimum Gasteiger partial charge on any atom is -0.504 e. The molecule has 6 nitrogen and oxygen atoms in total. The van der Waals surface area contributed by atoms with Crippen molar-refractivity contribution < 1.29 is 10.2 Å². The summed E-state index contributed by atoms with van der Waals surface area (Å²) in [7, 11) is 0. The van der Waals surface area contributed by atoms with Crippen molar-refractivity contribution in [2.24, 2.45) is 5.73 Å². The van der Waals surface area contributed by atoms with Crippen LogP contribution in [0.3, 0.4) is 0 Å². The zero-order valence-corrected chi connectivity index (χ0v) is 7.81. The van der Waals surface area contributed by atoms with E-state index in [9.17, 15) is 5.11 Å². The lowest BCUT2D eigenvalue weighted by Gasteiger charge is -1.98. The Morgan fingerprint density at radius 3 is 2.67 bits per heavy atom. The predicted octanol–water partition coefficient (Wildman–Crippen LogP) is 0.342. The van der Waals surface area contributed by atoms with Gasteiger partial charge in [0, 0.05) is 5.56 Å². The van der Waals surface area contributed by atoms with Crippen LogP contribution in [-0.2, 0) is 6.54 Å². The Morgan fingerprint density at radius 2 is 2.07 bits per heavy atom. The summed E-state index contributed by atoms with van der Waals surface area (Å²) in [6, 6.07) is 4.38. The molecule has 0 bridgehead atoms. The van der Waals surface area contributed by atoms with E-state index in [0.29, 0.717) is 17.2 Å². The van der Waals surface area contributed by atoms with E-state index < -0.39 is 0 Å². The van der Waals surface area contributed by atoms with Crippen LogP contribution >= 0.6 is 0 Å². The Kier molecular flexibility index (Phi) is 2.26. The molecule has 1 heterocycles. The molecular formula is C9H10N4O2. The summed E-state index contributed by atoms with van der Waals surface area (Å²) in [5.74, 6) is 0.628. The van der Waals surface area contributed by atoms with E-state index in [4.69, 9.17) is 10.8 Å². The van der Waals surface area contributed by atoms with Crippen molar-refractivity contribution in [3.8, 4) is 22.9 Å². The highest BCUT2D eigenvalue weighted by atomic mass is 16.3. The van der Waals surface area contributed by atoms with Gasteiger partial charge >= 0.3 is 0 Å². The van der Waals surface area contributed by atoms with Gasteiger partial charge in [-0.05, 0) is 18.2 Å². The number of rotatable bonds is 2. The summed E-state index contributed by atoms with van der Waals surface area (Å²) in [5.41, 5.74) is 5.98. The molecule has 0 unspecified atom stereocenters. The number of phenolic OH excluding ortho intramolecular Hbond substituents is 2. The van der Waals surface area contributed by atoms with Gasteiger partial charge in [-0.25, -0.2) is 4.98 Å². The number of aromatic amines is 1. The lowest BCUT2D eigenvalue weighted by Crippen LogP contribution is -1.97. The lowest BCUT2D eigenvalue weighted by atomic mass is 10.2. The van der Waals surface area contributed by atoms with E-state index in [-0.39, 0.29) is 18.0 Å². The number of nitrogens with two attached hydrogens (primary N) is 1. The SMILES string of the molecule is NCc1nc(-c2ccc(O)c(O)c2)n[nH]1. The van der Waals surface area contributed by atoms with Crippen LogP contribution in [-0.4, -0.2) is 25.4 Å². The molecule has 2 aromatic rings. The minimum absolute atomic E-state index is 0.173. The summed E-state index contributed by atoms with van der Waals surface area (Å²) in [6.45, 7) is 0.275. The highest BCUT2D eigenvalue weighted by Crippen LogP contribution is 2.28. The largest absolute Gasteiger partial charge is 0.504 e. The zero-order valence-electron chi connectivity index (χ0n) is 7.81. The van der Waals surface area contributed by atoms with Gasteiger partial charge in [0.25, 0.3) is 0 Å². The van der Waals surface area contributed by atoms with E-state index in [1.165, 1.54) is 12.1 Å². The van der Waals surface area contributed by atoms with Crippen LogP contribution in [0.1, 0.15) is 5.82 Å². The maximum absolute atomic E-state index is 9.28. The van der Waals surface area contributed by atoms with Crippen LogP contribution in [0.2, 0.25) is 0 Å². The van der Waals surface area contributed by atoms with Crippen LogP contribution in [0.5, 0.6) is 11.5 Å². The molecular weight excluding hydrogens is 196 g/mol. The molecule has 5 N–H and O–H groups in total. The first-order valence-corrected chi connectivity index (χ1v) is 4.34. The Morgan fingerprint density at radius 1 is 1.27 bits per heavy atom. The number of phenols is 2. The molecule has 0 saturated carbocycles. The molecule has 0 aliphatic rings. The number of hydrogen-bond acceptors (Lipinski definition) is 5. The fourth-order valence-electron chi connectivity index (χ4n) is 1.18. The van der Waals surface area contributed by atoms with Crippen LogP contribution in [0.25, 0.3) is 11.4 Å². The van der Waals surface area contributed by atoms with Crippen molar-refractivity contribution in [3.05, 3.63) is 24.0 Å². The van der Waals surface area contributed by atoms with Gasteiger partial charge in [0.1, 0.15) is 5.82 Å². The van der Waals surface area contributed by atoms with Crippen molar-refractivity contribution in [2.75, 3.05) is 0 Å². The molecule has 0 aliphatic heterocycles. The summed E-state index contributed by atoms with van der Waals surface area (Å²) in [6.07, 6.45) is 0. The van der Waals surface area contributed by atoms with Crippen LogP contribution in [0.15, 0.2) is 18.2 Å². The third-order valence-corrected chi connectivity index (χ3v) is 1.96. The first-order chi connectivity index (χ1) is 7.20. The fraction of sp³-hybridized carbons (Fsp3) is 0.111. The third kappa shape index (κ3) is 1.75. The average Bonchev–Trinajstić information content (AvgIpc) is 2.70. The normalized spacial score (nSPS) is 10.5. The van der Waals surface area contributed by atoms with Gasteiger partial charge in [-0.15, -0.1) is 0 Å². The van der Waals surface area contributed by atoms with Crippen molar-refractivity contribution in [1.82, 2.24) is 15.2 Å². The van der Waals surface area contributed by atoms with Gasteiger partial charge in [-0.3, -0.25) is 5.10 Å². The molecule has 0 saturated heterocycles. The van der Waals surface area contributed by atoms with Gasteiger partial charge in [-0.1, -0.05) is 0 Å². The Bertz CT molecular complexity index is 481. The monoisotopic (exact) mass is 206 g/mol. The molecule has 1 aromatic carbocycles. The second-order valence-corrected chi connectivity index (χ2v) is 3.01. The van der Waals surface area contributed by atoms with Crippen LogP contribution in [0.4, 0.5) is 0 Å². The zero-order chi connectivity index (χ0) is 10.8. The minimum atomic E-state index is -0.202. The molecule has 78 valence electrons. The van der Waals surface area contributed by atoms with Crippen molar-refractivity contribution in [2.45, 2.75) is 6.54 Å². The number of nitrogens with one attached hydrogen (secondary N) is 1. The van der Waals surface area contributed by atoms with Crippen molar-refractivity contribution >= 4 is 0 Å². The molecule has 0 radical (unpaired) electrons. The lowest BCUT2D eigenvalue weighted by molar-refractivity contribution is 0.404. The summed E-state index contributed by atoms with van der Waals surface area (Å²) in [5, 5.41) is 25.0. The first-order valence-electron chi connectivity index (χ1n) is 4.34. The van der Waals surface area contributed by atoms with Gasteiger partial charge in [0.05, 0.1) is 6.54 Å². The Hall–Kier alpha value is -2.08. The van der Waals surface area contributed by atoms with E-state index in [1.54, 1.807) is 6.07 Å². The quantitative estimate of drug-likeness (QED) is 0.530. The molecule has 0 atom stereocenters. The first kappa shape index (κ1) is 9.47. The maximum atomic E-state index is 9.28. The van der Waals surface area contributed by atoms with Gasteiger partial charge in [0.15, 0.2) is 17.3 Å². The van der Waals surface area contributed by atoms with Gasteiger partial charge in [0.2, 0.25) is 0 Å². The van der Waals surface area contributed by atoms with E-state index >= 15 is 0 Å². The average molecular weight is 206 g/mol. The number of H-pyrrole nitrogens is 1. The molecule has 0 aliphatic carbocycles.